The highest BCUT2D eigenvalue weighted by atomic mass is 32.1. The van der Waals surface area contributed by atoms with Crippen LogP contribution >= 0.6 is 11.3 Å². The number of thiophene rings is 1. The molecule has 1 heterocycles. The van der Waals surface area contributed by atoms with Gasteiger partial charge in [-0.15, -0.1) is 11.3 Å². The molecule has 0 atom stereocenters. The summed E-state index contributed by atoms with van der Waals surface area (Å²) in [5.74, 6) is -1.80. The van der Waals surface area contributed by atoms with Crippen LogP contribution in [0.1, 0.15) is 26.3 Å². The standard InChI is InChI=1S/C10H12N2O4S/c1-2-11-8(13)5-12-9(14)6-3-4-7(17-6)10(15)16/h3-4H,2,5H2,1H3,(H,11,13)(H,12,14)(H,15,16). The molecule has 0 saturated carbocycles. The fraction of sp³-hybridized carbons (Fsp3) is 0.300. The number of carbonyl (C=O) groups excluding carboxylic acids is 2. The Morgan fingerprint density at radius 2 is 1.88 bits per heavy atom. The van der Waals surface area contributed by atoms with Crippen LogP contribution in [0.3, 0.4) is 0 Å². The van der Waals surface area contributed by atoms with Crippen molar-refractivity contribution in [1.29, 1.82) is 0 Å². The maximum atomic E-state index is 11.5. The zero-order valence-corrected chi connectivity index (χ0v) is 9.97. The Hall–Kier alpha value is -1.89. The number of likely N-dealkylation sites (N-methyl/N-ethyl adjacent to an activating group) is 1. The minimum atomic E-state index is -1.07. The first-order valence-corrected chi connectivity index (χ1v) is 5.74. The fourth-order valence-corrected chi connectivity index (χ4v) is 1.84. The lowest BCUT2D eigenvalue weighted by molar-refractivity contribution is -0.120. The SMILES string of the molecule is CCNC(=O)CNC(=O)c1ccc(C(=O)O)s1. The highest BCUT2D eigenvalue weighted by Crippen LogP contribution is 2.15. The second-order valence-corrected chi connectivity index (χ2v) is 4.19. The van der Waals surface area contributed by atoms with E-state index in [2.05, 4.69) is 10.6 Å². The number of aromatic carboxylic acids is 1. The summed E-state index contributed by atoms with van der Waals surface area (Å²) >= 11 is 0.871. The number of carbonyl (C=O) groups is 3. The molecule has 3 N–H and O–H groups in total. The second kappa shape index (κ2) is 6.00. The molecular formula is C10H12N2O4S. The van der Waals surface area contributed by atoms with Gasteiger partial charge in [0.05, 0.1) is 11.4 Å². The lowest BCUT2D eigenvalue weighted by Gasteiger charge is -2.03. The van der Waals surface area contributed by atoms with E-state index < -0.39 is 11.9 Å². The molecule has 1 aromatic rings. The van der Waals surface area contributed by atoms with Crippen molar-refractivity contribution >= 4 is 29.1 Å². The first-order chi connectivity index (χ1) is 8.04. The number of hydrogen-bond acceptors (Lipinski definition) is 4. The lowest BCUT2D eigenvalue weighted by atomic mass is 10.4. The predicted molar refractivity (Wildman–Crippen MR) is 62.3 cm³/mol. The number of carboxylic acids is 1. The van der Waals surface area contributed by atoms with Gasteiger partial charge in [0, 0.05) is 6.54 Å². The van der Waals surface area contributed by atoms with Crippen molar-refractivity contribution in [2.24, 2.45) is 0 Å². The van der Waals surface area contributed by atoms with Gasteiger partial charge >= 0.3 is 5.97 Å². The molecule has 2 amide bonds. The van der Waals surface area contributed by atoms with Crippen LogP contribution in [0.25, 0.3) is 0 Å². The van der Waals surface area contributed by atoms with Gasteiger partial charge < -0.3 is 15.7 Å². The van der Waals surface area contributed by atoms with Gasteiger partial charge in [0.25, 0.3) is 5.91 Å². The van der Waals surface area contributed by atoms with Crippen molar-refractivity contribution in [3.05, 3.63) is 21.9 Å². The molecule has 1 rings (SSSR count). The van der Waals surface area contributed by atoms with Gasteiger partial charge in [-0.3, -0.25) is 9.59 Å². The van der Waals surface area contributed by atoms with E-state index in [-0.39, 0.29) is 22.2 Å². The van der Waals surface area contributed by atoms with E-state index in [9.17, 15) is 14.4 Å². The number of carboxylic acid groups (broad SMARTS) is 1. The Morgan fingerprint density at radius 1 is 1.24 bits per heavy atom. The predicted octanol–water partition coefficient (Wildman–Crippen LogP) is 0.312. The van der Waals surface area contributed by atoms with Gasteiger partial charge in [0.15, 0.2) is 0 Å². The summed E-state index contributed by atoms with van der Waals surface area (Å²) < 4.78 is 0. The number of amides is 2. The second-order valence-electron chi connectivity index (χ2n) is 3.11. The number of rotatable bonds is 5. The normalized spacial score (nSPS) is 9.71. The van der Waals surface area contributed by atoms with Crippen molar-refractivity contribution in [2.45, 2.75) is 6.92 Å². The topological polar surface area (TPSA) is 95.5 Å². The van der Waals surface area contributed by atoms with Crippen LogP contribution in [-0.4, -0.2) is 36.0 Å². The maximum Gasteiger partial charge on any atom is 0.345 e. The van der Waals surface area contributed by atoms with Gasteiger partial charge in [-0.05, 0) is 19.1 Å². The maximum absolute atomic E-state index is 11.5. The molecule has 0 aliphatic carbocycles. The molecule has 1 aromatic heterocycles. The van der Waals surface area contributed by atoms with Gasteiger partial charge in [0.1, 0.15) is 4.88 Å². The van der Waals surface area contributed by atoms with E-state index in [0.29, 0.717) is 6.54 Å². The third-order valence-electron chi connectivity index (χ3n) is 1.82. The molecule has 92 valence electrons. The molecule has 0 aliphatic heterocycles. The first kappa shape index (κ1) is 13.2. The molecule has 0 radical (unpaired) electrons. The largest absolute Gasteiger partial charge is 0.477 e. The van der Waals surface area contributed by atoms with Crippen molar-refractivity contribution in [3.8, 4) is 0 Å². The number of nitrogens with one attached hydrogen (secondary N) is 2. The molecule has 0 saturated heterocycles. The van der Waals surface area contributed by atoms with E-state index in [1.165, 1.54) is 12.1 Å². The minimum absolute atomic E-state index is 0.0909. The average molecular weight is 256 g/mol. The van der Waals surface area contributed by atoms with E-state index in [0.717, 1.165) is 11.3 Å². The van der Waals surface area contributed by atoms with Crippen molar-refractivity contribution < 1.29 is 19.5 Å². The van der Waals surface area contributed by atoms with Crippen molar-refractivity contribution in [1.82, 2.24) is 10.6 Å². The fourth-order valence-electron chi connectivity index (χ4n) is 1.08. The van der Waals surface area contributed by atoms with Crippen molar-refractivity contribution in [3.63, 3.8) is 0 Å². The first-order valence-electron chi connectivity index (χ1n) is 4.92. The molecule has 0 unspecified atom stereocenters. The van der Waals surface area contributed by atoms with E-state index in [1.54, 1.807) is 6.92 Å². The molecule has 7 heteroatoms. The summed E-state index contributed by atoms with van der Waals surface area (Å²) in [6.45, 7) is 2.15. The van der Waals surface area contributed by atoms with E-state index in [1.807, 2.05) is 0 Å². The van der Waals surface area contributed by atoms with Crippen LogP contribution in [0, 0.1) is 0 Å². The quantitative estimate of drug-likeness (QED) is 0.706. The molecule has 0 spiro atoms. The summed E-state index contributed by atoms with van der Waals surface area (Å²) in [4.78, 5) is 33.6. The molecule has 0 aromatic carbocycles. The highest BCUT2D eigenvalue weighted by Gasteiger charge is 2.13. The summed E-state index contributed by atoms with van der Waals surface area (Å²) in [6.07, 6.45) is 0. The molecule has 17 heavy (non-hydrogen) atoms. The Kier molecular flexibility index (Phi) is 4.65. The third-order valence-corrected chi connectivity index (χ3v) is 2.90. The number of hydrogen-bond donors (Lipinski definition) is 3. The summed E-state index contributed by atoms with van der Waals surface area (Å²) in [5, 5.41) is 13.6. The van der Waals surface area contributed by atoms with E-state index in [4.69, 9.17) is 5.11 Å². The van der Waals surface area contributed by atoms with Crippen molar-refractivity contribution in [2.75, 3.05) is 13.1 Å². The highest BCUT2D eigenvalue weighted by molar-refractivity contribution is 7.15. The van der Waals surface area contributed by atoms with E-state index >= 15 is 0 Å². The monoisotopic (exact) mass is 256 g/mol. The lowest BCUT2D eigenvalue weighted by Crippen LogP contribution is -2.36. The Morgan fingerprint density at radius 3 is 2.41 bits per heavy atom. The van der Waals surface area contributed by atoms with Crippen LogP contribution in [0.2, 0.25) is 0 Å². The van der Waals surface area contributed by atoms with Crippen LogP contribution in [0.5, 0.6) is 0 Å². The Bertz CT molecular complexity index is 441. The smallest absolute Gasteiger partial charge is 0.345 e. The summed E-state index contributed by atoms with van der Waals surface area (Å²) in [7, 11) is 0. The Labute approximate surface area is 102 Å². The zero-order chi connectivity index (χ0) is 12.8. The summed E-state index contributed by atoms with van der Waals surface area (Å²) in [5.41, 5.74) is 0. The van der Waals surface area contributed by atoms with Crippen LogP contribution < -0.4 is 10.6 Å². The minimum Gasteiger partial charge on any atom is -0.477 e. The molecular weight excluding hydrogens is 244 g/mol. The average Bonchev–Trinajstić information content (AvgIpc) is 2.75. The molecule has 0 bridgehead atoms. The van der Waals surface area contributed by atoms with Gasteiger partial charge in [-0.25, -0.2) is 4.79 Å². The van der Waals surface area contributed by atoms with Gasteiger partial charge in [-0.2, -0.15) is 0 Å². The van der Waals surface area contributed by atoms with Crippen LogP contribution in [0.4, 0.5) is 0 Å². The third kappa shape index (κ3) is 3.87. The molecule has 0 fully saturated rings. The molecule has 0 aliphatic rings. The van der Waals surface area contributed by atoms with Gasteiger partial charge in [-0.1, -0.05) is 0 Å². The zero-order valence-electron chi connectivity index (χ0n) is 9.15. The van der Waals surface area contributed by atoms with Gasteiger partial charge in [0.2, 0.25) is 5.91 Å². The van der Waals surface area contributed by atoms with Crippen LogP contribution in [0.15, 0.2) is 12.1 Å². The molecule has 6 nitrogen and oxygen atoms in total. The van der Waals surface area contributed by atoms with Crippen LogP contribution in [-0.2, 0) is 4.79 Å². The summed E-state index contributed by atoms with van der Waals surface area (Å²) in [6, 6.07) is 2.77. The Balaban J connectivity index is 2.52.